The van der Waals surface area contributed by atoms with E-state index in [0.717, 1.165) is 24.6 Å². The highest BCUT2D eigenvalue weighted by Crippen LogP contribution is 2.42. The predicted octanol–water partition coefficient (Wildman–Crippen LogP) is 2.19. The van der Waals surface area contributed by atoms with Gasteiger partial charge in [0.1, 0.15) is 0 Å². The molecule has 1 aromatic rings. The standard InChI is InChI=1S/C13H17NO2/c1-9-4-5-11-13(16-8-15-11)12(9)10-3-2-6-14-7-10/h4-5,10,14H,2-3,6-8H2,1H3. The van der Waals surface area contributed by atoms with Gasteiger partial charge in [0.2, 0.25) is 6.79 Å². The number of fused-ring (bicyclic) bond motifs is 1. The highest BCUT2D eigenvalue weighted by molar-refractivity contribution is 5.53. The largest absolute Gasteiger partial charge is 0.454 e. The van der Waals surface area contributed by atoms with E-state index in [1.807, 2.05) is 6.07 Å². The lowest BCUT2D eigenvalue weighted by Gasteiger charge is -2.25. The summed E-state index contributed by atoms with van der Waals surface area (Å²) in [5.41, 5.74) is 2.67. The number of rotatable bonds is 1. The number of benzene rings is 1. The average Bonchev–Trinajstić information content (AvgIpc) is 2.78. The van der Waals surface area contributed by atoms with E-state index in [1.54, 1.807) is 0 Å². The number of hydrogen-bond acceptors (Lipinski definition) is 3. The first-order valence-corrected chi connectivity index (χ1v) is 5.96. The Hall–Kier alpha value is -1.22. The summed E-state index contributed by atoms with van der Waals surface area (Å²) in [4.78, 5) is 0. The molecule has 0 bridgehead atoms. The van der Waals surface area contributed by atoms with Crippen molar-refractivity contribution in [3.63, 3.8) is 0 Å². The number of aryl methyl sites for hydroxylation is 1. The number of ether oxygens (including phenoxy) is 2. The predicted molar refractivity (Wildman–Crippen MR) is 62.1 cm³/mol. The molecule has 1 atom stereocenters. The van der Waals surface area contributed by atoms with E-state index in [4.69, 9.17) is 9.47 Å². The van der Waals surface area contributed by atoms with Crippen LogP contribution in [-0.2, 0) is 0 Å². The van der Waals surface area contributed by atoms with Gasteiger partial charge in [0.15, 0.2) is 11.5 Å². The maximum atomic E-state index is 5.61. The Bertz CT molecular complexity index is 397. The smallest absolute Gasteiger partial charge is 0.231 e. The number of hydrogen-bond donors (Lipinski definition) is 1. The Morgan fingerprint density at radius 1 is 1.31 bits per heavy atom. The zero-order chi connectivity index (χ0) is 11.0. The van der Waals surface area contributed by atoms with Gasteiger partial charge in [0, 0.05) is 18.0 Å². The van der Waals surface area contributed by atoms with E-state index in [2.05, 4.69) is 18.3 Å². The van der Waals surface area contributed by atoms with Gasteiger partial charge in [-0.05, 0) is 37.9 Å². The summed E-state index contributed by atoms with van der Waals surface area (Å²) >= 11 is 0. The molecule has 0 amide bonds. The van der Waals surface area contributed by atoms with Gasteiger partial charge in [-0.1, -0.05) is 6.07 Å². The summed E-state index contributed by atoms with van der Waals surface area (Å²) in [5.74, 6) is 2.46. The summed E-state index contributed by atoms with van der Waals surface area (Å²) in [6.07, 6.45) is 2.49. The van der Waals surface area contributed by atoms with E-state index < -0.39 is 0 Å². The van der Waals surface area contributed by atoms with Crippen LogP contribution in [0.2, 0.25) is 0 Å². The molecule has 0 aromatic heterocycles. The quantitative estimate of drug-likeness (QED) is 0.785. The minimum absolute atomic E-state index is 0.367. The molecule has 1 saturated heterocycles. The Morgan fingerprint density at radius 2 is 2.25 bits per heavy atom. The second-order valence-corrected chi connectivity index (χ2v) is 4.57. The monoisotopic (exact) mass is 219 g/mol. The van der Waals surface area contributed by atoms with Crippen LogP contribution in [0.1, 0.15) is 29.9 Å². The second kappa shape index (κ2) is 3.98. The minimum atomic E-state index is 0.367. The fourth-order valence-corrected chi connectivity index (χ4v) is 2.70. The Morgan fingerprint density at radius 3 is 3.06 bits per heavy atom. The van der Waals surface area contributed by atoms with Crippen molar-refractivity contribution in [1.29, 1.82) is 0 Å². The van der Waals surface area contributed by atoms with Crippen molar-refractivity contribution in [2.75, 3.05) is 19.9 Å². The van der Waals surface area contributed by atoms with Crippen molar-refractivity contribution < 1.29 is 9.47 Å². The fraction of sp³-hybridized carbons (Fsp3) is 0.538. The van der Waals surface area contributed by atoms with Crippen molar-refractivity contribution in [1.82, 2.24) is 5.32 Å². The first-order valence-electron chi connectivity index (χ1n) is 5.96. The molecule has 1 aromatic carbocycles. The van der Waals surface area contributed by atoms with Crippen LogP contribution in [0.25, 0.3) is 0 Å². The lowest BCUT2D eigenvalue weighted by atomic mass is 9.88. The average molecular weight is 219 g/mol. The van der Waals surface area contributed by atoms with E-state index in [-0.39, 0.29) is 0 Å². The highest BCUT2D eigenvalue weighted by Gasteiger charge is 2.26. The van der Waals surface area contributed by atoms with Crippen molar-refractivity contribution in [2.24, 2.45) is 0 Å². The third-order valence-electron chi connectivity index (χ3n) is 3.50. The first-order chi connectivity index (χ1) is 7.86. The van der Waals surface area contributed by atoms with Crippen LogP contribution in [0.3, 0.4) is 0 Å². The lowest BCUT2D eigenvalue weighted by molar-refractivity contribution is 0.172. The summed E-state index contributed by atoms with van der Waals surface area (Å²) in [6, 6.07) is 4.15. The SMILES string of the molecule is Cc1ccc2c(c1C1CCCNC1)OCO2. The van der Waals surface area contributed by atoms with E-state index in [9.17, 15) is 0 Å². The van der Waals surface area contributed by atoms with Gasteiger partial charge in [0.05, 0.1) is 0 Å². The molecule has 86 valence electrons. The van der Waals surface area contributed by atoms with Gasteiger partial charge in [-0.15, -0.1) is 0 Å². The Kier molecular flexibility index (Phi) is 2.48. The molecule has 3 rings (SSSR count). The minimum Gasteiger partial charge on any atom is -0.454 e. The molecule has 0 aliphatic carbocycles. The normalized spacial score (nSPS) is 23.4. The van der Waals surface area contributed by atoms with Crippen LogP contribution in [0.5, 0.6) is 11.5 Å². The van der Waals surface area contributed by atoms with Gasteiger partial charge >= 0.3 is 0 Å². The molecule has 3 nitrogen and oxygen atoms in total. The van der Waals surface area contributed by atoms with Gasteiger partial charge in [0.25, 0.3) is 0 Å². The third-order valence-corrected chi connectivity index (χ3v) is 3.50. The Balaban J connectivity index is 2.01. The molecule has 0 radical (unpaired) electrons. The Labute approximate surface area is 95.8 Å². The molecular formula is C13H17NO2. The van der Waals surface area contributed by atoms with Crippen molar-refractivity contribution in [3.8, 4) is 11.5 Å². The van der Waals surface area contributed by atoms with Crippen LogP contribution in [-0.4, -0.2) is 19.9 Å². The summed E-state index contributed by atoms with van der Waals surface area (Å²) in [5, 5.41) is 3.46. The molecule has 3 heteroatoms. The first kappa shape index (κ1) is 9.97. The van der Waals surface area contributed by atoms with Crippen LogP contribution in [0.4, 0.5) is 0 Å². The topological polar surface area (TPSA) is 30.5 Å². The van der Waals surface area contributed by atoms with E-state index >= 15 is 0 Å². The zero-order valence-corrected chi connectivity index (χ0v) is 9.58. The molecule has 2 aliphatic heterocycles. The number of nitrogens with one attached hydrogen (secondary N) is 1. The number of piperidine rings is 1. The van der Waals surface area contributed by atoms with Gasteiger partial charge in [-0.2, -0.15) is 0 Å². The van der Waals surface area contributed by atoms with Crippen LogP contribution in [0.15, 0.2) is 12.1 Å². The molecule has 1 unspecified atom stereocenters. The van der Waals surface area contributed by atoms with Crippen LogP contribution >= 0.6 is 0 Å². The van der Waals surface area contributed by atoms with Crippen LogP contribution in [0, 0.1) is 6.92 Å². The second-order valence-electron chi connectivity index (χ2n) is 4.57. The van der Waals surface area contributed by atoms with Gasteiger partial charge in [-0.3, -0.25) is 0 Å². The van der Waals surface area contributed by atoms with Gasteiger partial charge < -0.3 is 14.8 Å². The molecule has 1 N–H and O–H groups in total. The maximum absolute atomic E-state index is 5.61. The summed E-state index contributed by atoms with van der Waals surface area (Å²) in [6.45, 7) is 4.72. The van der Waals surface area contributed by atoms with Crippen molar-refractivity contribution in [2.45, 2.75) is 25.7 Å². The molecular weight excluding hydrogens is 202 g/mol. The van der Waals surface area contributed by atoms with Crippen LogP contribution < -0.4 is 14.8 Å². The fourth-order valence-electron chi connectivity index (χ4n) is 2.70. The molecule has 0 saturated carbocycles. The molecule has 2 aliphatic rings. The van der Waals surface area contributed by atoms with E-state index in [1.165, 1.54) is 24.0 Å². The maximum Gasteiger partial charge on any atom is 0.231 e. The summed E-state index contributed by atoms with van der Waals surface area (Å²) in [7, 11) is 0. The molecule has 1 fully saturated rings. The van der Waals surface area contributed by atoms with Crippen molar-refractivity contribution >= 4 is 0 Å². The van der Waals surface area contributed by atoms with E-state index in [0.29, 0.717) is 12.7 Å². The zero-order valence-electron chi connectivity index (χ0n) is 9.58. The third kappa shape index (κ3) is 1.55. The van der Waals surface area contributed by atoms with Gasteiger partial charge in [-0.25, -0.2) is 0 Å². The molecule has 16 heavy (non-hydrogen) atoms. The highest BCUT2D eigenvalue weighted by atomic mass is 16.7. The van der Waals surface area contributed by atoms with Crippen molar-refractivity contribution in [3.05, 3.63) is 23.3 Å². The molecule has 2 heterocycles. The lowest BCUT2D eigenvalue weighted by Crippen LogP contribution is -2.28. The summed E-state index contributed by atoms with van der Waals surface area (Å²) < 4.78 is 11.1. The molecule has 0 spiro atoms.